The van der Waals surface area contributed by atoms with E-state index in [1.165, 1.54) is 0 Å². The van der Waals surface area contributed by atoms with Gasteiger partial charge in [-0.1, -0.05) is 6.07 Å². The van der Waals surface area contributed by atoms with E-state index in [0.29, 0.717) is 6.07 Å². The number of hydrogen-bond acceptors (Lipinski definition) is 1. The van der Waals surface area contributed by atoms with Crippen LogP contribution in [0.1, 0.15) is 28.8 Å². The highest BCUT2D eigenvalue weighted by atomic mass is 19.4. The normalized spacial score (nSPS) is 15.8. The Hall–Kier alpha value is -1.59. The van der Waals surface area contributed by atoms with Gasteiger partial charge in [-0.15, -0.1) is 0 Å². The number of alkyl halides is 3. The fraction of sp³-hybridized carbons (Fsp3) is 0.364. The molecule has 0 saturated heterocycles. The lowest BCUT2D eigenvalue weighted by Crippen LogP contribution is -2.27. The molecule has 0 unspecified atom stereocenters. The van der Waals surface area contributed by atoms with E-state index in [0.717, 1.165) is 25.0 Å². The van der Waals surface area contributed by atoms with Crippen LogP contribution in [-0.4, -0.2) is 11.9 Å². The molecule has 6 heteroatoms. The lowest BCUT2D eigenvalue weighted by Gasteiger charge is -2.10. The zero-order valence-electron chi connectivity index (χ0n) is 8.64. The van der Waals surface area contributed by atoms with Gasteiger partial charge in [-0.2, -0.15) is 13.2 Å². The van der Waals surface area contributed by atoms with Crippen LogP contribution in [0.5, 0.6) is 0 Å². The molecular weight excluding hydrogens is 238 g/mol. The summed E-state index contributed by atoms with van der Waals surface area (Å²) in [7, 11) is 0. The number of carbonyl (C=O) groups excluding carboxylic acids is 1. The molecule has 1 aromatic carbocycles. The fourth-order valence-electron chi connectivity index (χ4n) is 1.42. The molecule has 1 aliphatic carbocycles. The van der Waals surface area contributed by atoms with E-state index in [9.17, 15) is 22.4 Å². The SMILES string of the molecule is O=C(NC1CC1)c1cccc(C(F)(F)F)c1F. The maximum absolute atomic E-state index is 13.5. The quantitative estimate of drug-likeness (QED) is 0.800. The van der Waals surface area contributed by atoms with Gasteiger partial charge in [0.05, 0.1) is 11.1 Å². The predicted molar refractivity (Wildman–Crippen MR) is 51.9 cm³/mol. The molecule has 2 nitrogen and oxygen atoms in total. The van der Waals surface area contributed by atoms with E-state index in [-0.39, 0.29) is 6.04 Å². The molecule has 0 spiro atoms. The molecule has 17 heavy (non-hydrogen) atoms. The molecule has 0 bridgehead atoms. The van der Waals surface area contributed by atoms with Crippen LogP contribution in [0.2, 0.25) is 0 Å². The average molecular weight is 247 g/mol. The second-order valence-corrected chi connectivity index (χ2v) is 3.91. The van der Waals surface area contributed by atoms with Crippen LogP contribution >= 0.6 is 0 Å². The van der Waals surface area contributed by atoms with Crippen molar-refractivity contribution in [3.8, 4) is 0 Å². The third kappa shape index (κ3) is 2.57. The van der Waals surface area contributed by atoms with E-state index in [4.69, 9.17) is 0 Å². The van der Waals surface area contributed by atoms with Crippen LogP contribution in [0, 0.1) is 5.82 Å². The van der Waals surface area contributed by atoms with Crippen molar-refractivity contribution in [3.05, 3.63) is 35.1 Å². The van der Waals surface area contributed by atoms with Gasteiger partial charge in [0.15, 0.2) is 0 Å². The molecule has 0 atom stereocenters. The monoisotopic (exact) mass is 247 g/mol. The first-order valence-electron chi connectivity index (χ1n) is 5.06. The second kappa shape index (κ2) is 4.01. The first-order chi connectivity index (χ1) is 7.89. The maximum Gasteiger partial charge on any atom is 0.419 e. The third-order valence-electron chi connectivity index (χ3n) is 2.46. The molecule has 1 saturated carbocycles. The summed E-state index contributed by atoms with van der Waals surface area (Å²) in [6, 6.07) is 2.65. The number of rotatable bonds is 2. The topological polar surface area (TPSA) is 29.1 Å². The number of amides is 1. The van der Waals surface area contributed by atoms with Gasteiger partial charge in [0, 0.05) is 6.04 Å². The summed E-state index contributed by atoms with van der Waals surface area (Å²) in [5.41, 5.74) is -1.98. The van der Waals surface area contributed by atoms with E-state index in [1.54, 1.807) is 0 Å². The fourth-order valence-corrected chi connectivity index (χ4v) is 1.42. The first kappa shape index (κ1) is 11.9. The minimum atomic E-state index is -4.79. The number of benzene rings is 1. The Bertz CT molecular complexity index is 451. The molecule has 0 aliphatic heterocycles. The van der Waals surface area contributed by atoms with Crippen molar-refractivity contribution in [2.45, 2.75) is 25.1 Å². The maximum atomic E-state index is 13.5. The van der Waals surface area contributed by atoms with Gasteiger partial charge in [-0.25, -0.2) is 4.39 Å². The van der Waals surface area contributed by atoms with Crippen LogP contribution < -0.4 is 5.32 Å². The average Bonchev–Trinajstić information content (AvgIpc) is 3.00. The summed E-state index contributed by atoms with van der Waals surface area (Å²) in [5.74, 6) is -2.31. The summed E-state index contributed by atoms with van der Waals surface area (Å²) >= 11 is 0. The van der Waals surface area contributed by atoms with Crippen LogP contribution in [0.3, 0.4) is 0 Å². The van der Waals surface area contributed by atoms with Crippen molar-refractivity contribution in [2.24, 2.45) is 0 Å². The van der Waals surface area contributed by atoms with Gasteiger partial charge in [-0.3, -0.25) is 4.79 Å². The van der Waals surface area contributed by atoms with E-state index < -0.39 is 29.0 Å². The molecule has 1 aromatic rings. The van der Waals surface area contributed by atoms with Crippen molar-refractivity contribution in [2.75, 3.05) is 0 Å². The third-order valence-corrected chi connectivity index (χ3v) is 2.46. The Morgan fingerprint density at radius 2 is 1.94 bits per heavy atom. The standard InChI is InChI=1S/C11H9F4NO/c12-9-7(10(17)16-6-4-5-6)2-1-3-8(9)11(13,14)15/h1-3,6H,4-5H2,(H,16,17). The highest BCUT2D eigenvalue weighted by molar-refractivity contribution is 5.95. The number of halogens is 4. The number of carbonyl (C=O) groups is 1. The van der Waals surface area contributed by atoms with Crippen molar-refractivity contribution in [1.29, 1.82) is 0 Å². The molecule has 1 N–H and O–H groups in total. The Balaban J connectivity index is 2.31. The summed E-state index contributed by atoms with van der Waals surface area (Å²) < 4.78 is 50.7. The smallest absolute Gasteiger partial charge is 0.349 e. The van der Waals surface area contributed by atoms with Gasteiger partial charge >= 0.3 is 6.18 Å². The summed E-state index contributed by atoms with van der Waals surface area (Å²) in [5, 5.41) is 2.44. The Morgan fingerprint density at radius 1 is 1.29 bits per heavy atom. The van der Waals surface area contributed by atoms with Crippen LogP contribution in [0.4, 0.5) is 17.6 Å². The van der Waals surface area contributed by atoms with Crippen molar-refractivity contribution >= 4 is 5.91 Å². The number of hydrogen-bond donors (Lipinski definition) is 1. The predicted octanol–water partition coefficient (Wildman–Crippen LogP) is 2.74. The highest BCUT2D eigenvalue weighted by Gasteiger charge is 2.36. The van der Waals surface area contributed by atoms with E-state index in [2.05, 4.69) is 5.32 Å². The second-order valence-electron chi connectivity index (χ2n) is 3.91. The lowest BCUT2D eigenvalue weighted by molar-refractivity contribution is -0.140. The minimum absolute atomic E-state index is 0.0311. The molecule has 1 amide bonds. The van der Waals surface area contributed by atoms with Crippen molar-refractivity contribution < 1.29 is 22.4 Å². The van der Waals surface area contributed by atoms with E-state index >= 15 is 0 Å². The number of nitrogens with one attached hydrogen (secondary N) is 1. The lowest BCUT2D eigenvalue weighted by atomic mass is 10.1. The van der Waals surface area contributed by atoms with E-state index in [1.807, 2.05) is 0 Å². The van der Waals surface area contributed by atoms with Crippen molar-refractivity contribution in [3.63, 3.8) is 0 Å². The molecule has 1 aliphatic rings. The van der Waals surface area contributed by atoms with Gasteiger partial charge < -0.3 is 5.32 Å². The minimum Gasteiger partial charge on any atom is -0.349 e. The Kier molecular flexibility index (Phi) is 2.81. The van der Waals surface area contributed by atoms with Gasteiger partial charge in [-0.05, 0) is 25.0 Å². The summed E-state index contributed by atoms with van der Waals surface area (Å²) in [6.07, 6.45) is -3.22. The Morgan fingerprint density at radius 3 is 2.47 bits per heavy atom. The molecular formula is C11H9F4NO. The van der Waals surface area contributed by atoms with Gasteiger partial charge in [0.2, 0.25) is 0 Å². The highest BCUT2D eigenvalue weighted by Crippen LogP contribution is 2.32. The van der Waals surface area contributed by atoms with Crippen LogP contribution in [0.15, 0.2) is 18.2 Å². The van der Waals surface area contributed by atoms with Crippen molar-refractivity contribution in [1.82, 2.24) is 5.32 Å². The zero-order valence-corrected chi connectivity index (χ0v) is 8.64. The summed E-state index contributed by atoms with van der Waals surface area (Å²) in [6.45, 7) is 0. The van der Waals surface area contributed by atoms with Gasteiger partial charge in [0.25, 0.3) is 5.91 Å². The molecule has 0 radical (unpaired) electrons. The van der Waals surface area contributed by atoms with Crippen LogP contribution in [0.25, 0.3) is 0 Å². The molecule has 92 valence electrons. The molecule has 2 rings (SSSR count). The van der Waals surface area contributed by atoms with Crippen LogP contribution in [-0.2, 0) is 6.18 Å². The summed E-state index contributed by atoms with van der Waals surface area (Å²) in [4.78, 5) is 11.5. The largest absolute Gasteiger partial charge is 0.419 e. The molecule has 0 heterocycles. The first-order valence-corrected chi connectivity index (χ1v) is 5.06. The zero-order chi connectivity index (χ0) is 12.6. The van der Waals surface area contributed by atoms with Gasteiger partial charge in [0.1, 0.15) is 5.82 Å². The molecule has 0 aromatic heterocycles. The Labute approximate surface area is 94.6 Å². The molecule has 1 fully saturated rings.